The van der Waals surface area contributed by atoms with Gasteiger partial charge in [-0.15, -0.1) is 0 Å². The minimum Gasteiger partial charge on any atom is -0.756 e. The van der Waals surface area contributed by atoms with Gasteiger partial charge >= 0.3 is 5.97 Å². The molecule has 0 aromatic heterocycles. The second kappa shape index (κ2) is 12.7. The highest BCUT2D eigenvalue weighted by Crippen LogP contribution is 2.51. The number of ether oxygens (including phenoxy) is 1. The van der Waals surface area contributed by atoms with Crippen LogP contribution in [-0.2, 0) is 24.8 Å². The average molecular weight is 562 g/mol. The quantitative estimate of drug-likeness (QED) is 0.136. The van der Waals surface area contributed by atoms with Crippen LogP contribution in [0.3, 0.4) is 0 Å². The van der Waals surface area contributed by atoms with Crippen molar-refractivity contribution < 1.29 is 33.1 Å². The first kappa shape index (κ1) is 31.6. The van der Waals surface area contributed by atoms with E-state index in [1.807, 2.05) is 34.6 Å². The first-order chi connectivity index (χ1) is 18.2. The van der Waals surface area contributed by atoms with E-state index in [2.05, 4.69) is 19.6 Å². The lowest BCUT2D eigenvalue weighted by Gasteiger charge is -2.40. The van der Waals surface area contributed by atoms with E-state index < -0.39 is 24.8 Å². The van der Waals surface area contributed by atoms with Gasteiger partial charge in [-0.25, -0.2) is 4.79 Å². The average Bonchev–Trinajstić information content (AvgIpc) is 2.82. The van der Waals surface area contributed by atoms with Crippen molar-refractivity contribution >= 4 is 13.8 Å². The maximum absolute atomic E-state index is 13.9. The van der Waals surface area contributed by atoms with Gasteiger partial charge in [-0.1, -0.05) is 64.3 Å². The number of phosphoric ester groups is 1. The molecule has 0 radical (unpaired) electrons. The summed E-state index contributed by atoms with van der Waals surface area (Å²) in [7, 11) is -4.80. The molecule has 3 atom stereocenters. The number of rotatable bonds is 10. The first-order valence-electron chi connectivity index (χ1n) is 14.2. The van der Waals surface area contributed by atoms with Crippen molar-refractivity contribution in [3.8, 4) is 11.5 Å². The predicted molar refractivity (Wildman–Crippen MR) is 152 cm³/mol. The third-order valence-corrected chi connectivity index (χ3v) is 8.63. The van der Waals surface area contributed by atoms with Crippen LogP contribution < -0.4 is 9.63 Å². The molecule has 1 aromatic rings. The van der Waals surface area contributed by atoms with E-state index in [4.69, 9.17) is 13.8 Å². The van der Waals surface area contributed by atoms with Gasteiger partial charge in [0.2, 0.25) is 0 Å². The molecular weight excluding hydrogens is 515 g/mol. The number of esters is 1. The van der Waals surface area contributed by atoms with E-state index in [9.17, 15) is 19.4 Å². The number of phenols is 1. The summed E-state index contributed by atoms with van der Waals surface area (Å²) in [5.41, 5.74) is 1.48. The fourth-order valence-electron chi connectivity index (χ4n) is 5.59. The number of hydrogen-bond acceptors (Lipinski definition) is 7. The fourth-order valence-corrected chi connectivity index (χ4v) is 6.87. The monoisotopic (exact) mass is 561 g/mol. The Hall–Kier alpha value is -1.92. The molecule has 0 aliphatic heterocycles. The summed E-state index contributed by atoms with van der Waals surface area (Å²) in [6.45, 7) is 15.8. The lowest BCUT2D eigenvalue weighted by atomic mass is 9.73. The Balaban J connectivity index is 2.03. The van der Waals surface area contributed by atoms with Crippen LogP contribution in [0.25, 0.3) is 0 Å². The zero-order valence-electron chi connectivity index (χ0n) is 24.5. The second-order valence-corrected chi connectivity index (χ2v) is 14.0. The van der Waals surface area contributed by atoms with E-state index in [1.54, 1.807) is 12.1 Å². The Morgan fingerprint density at radius 2 is 1.90 bits per heavy atom. The van der Waals surface area contributed by atoms with Crippen molar-refractivity contribution in [1.82, 2.24) is 0 Å². The molecule has 0 spiro atoms. The van der Waals surface area contributed by atoms with Crippen LogP contribution in [-0.4, -0.2) is 23.3 Å². The largest absolute Gasteiger partial charge is 0.756 e. The van der Waals surface area contributed by atoms with Crippen LogP contribution in [0.5, 0.6) is 11.5 Å². The summed E-state index contributed by atoms with van der Waals surface area (Å²) in [5.74, 6) is -0.612. The van der Waals surface area contributed by atoms with Crippen molar-refractivity contribution in [1.29, 1.82) is 0 Å². The maximum Gasteiger partial charge on any atom is 0.344 e. The molecule has 7 nitrogen and oxygen atoms in total. The smallest absolute Gasteiger partial charge is 0.344 e. The van der Waals surface area contributed by atoms with Crippen LogP contribution in [0.1, 0.15) is 110 Å². The molecule has 0 heterocycles. The van der Waals surface area contributed by atoms with Gasteiger partial charge in [0.15, 0.2) is 5.60 Å². The van der Waals surface area contributed by atoms with Crippen molar-refractivity contribution in [2.75, 3.05) is 6.61 Å². The molecule has 3 rings (SSSR count). The summed E-state index contributed by atoms with van der Waals surface area (Å²) < 4.78 is 29.7. The number of allylic oxidation sites excluding steroid dienone is 3. The molecule has 218 valence electrons. The highest BCUT2D eigenvalue weighted by Gasteiger charge is 2.46. The minimum atomic E-state index is -4.80. The van der Waals surface area contributed by atoms with E-state index >= 15 is 0 Å². The Kier molecular flexibility index (Phi) is 10.3. The van der Waals surface area contributed by atoms with Gasteiger partial charge in [-0.2, -0.15) is 0 Å². The highest BCUT2D eigenvalue weighted by molar-refractivity contribution is 7.46. The Morgan fingerprint density at radius 1 is 1.23 bits per heavy atom. The van der Waals surface area contributed by atoms with Crippen molar-refractivity contribution in [3.63, 3.8) is 0 Å². The molecule has 0 amide bonds. The van der Waals surface area contributed by atoms with Gasteiger partial charge in [0, 0.05) is 11.5 Å². The van der Waals surface area contributed by atoms with Crippen LogP contribution in [0, 0.1) is 11.3 Å². The number of phenolic OH excluding ortho intramolecular Hbond substituents is 1. The summed E-state index contributed by atoms with van der Waals surface area (Å²) in [5, 5.41) is 11.3. The molecule has 0 bridgehead atoms. The zero-order valence-corrected chi connectivity index (χ0v) is 25.4. The van der Waals surface area contributed by atoms with Gasteiger partial charge in [0.05, 0.1) is 6.61 Å². The molecule has 8 heteroatoms. The van der Waals surface area contributed by atoms with Crippen molar-refractivity contribution in [2.24, 2.45) is 11.3 Å². The number of phosphoric acid groups is 1. The third kappa shape index (κ3) is 8.29. The van der Waals surface area contributed by atoms with Crippen LogP contribution in [0.4, 0.5) is 0 Å². The molecule has 2 aliphatic carbocycles. The Labute approximate surface area is 234 Å². The Morgan fingerprint density at radius 3 is 2.49 bits per heavy atom. The topological polar surface area (TPSA) is 105 Å². The van der Waals surface area contributed by atoms with Crippen molar-refractivity contribution in [2.45, 2.75) is 111 Å². The van der Waals surface area contributed by atoms with Crippen molar-refractivity contribution in [3.05, 3.63) is 47.1 Å². The van der Waals surface area contributed by atoms with Gasteiger partial charge in [0.1, 0.15) is 11.5 Å². The summed E-state index contributed by atoms with van der Waals surface area (Å²) >= 11 is 0. The molecule has 2 aliphatic rings. The molecule has 1 N–H and O–H groups in total. The molecule has 39 heavy (non-hydrogen) atoms. The number of benzene rings is 1. The summed E-state index contributed by atoms with van der Waals surface area (Å²) in [4.78, 5) is 26.8. The molecule has 1 aromatic carbocycles. The van der Waals surface area contributed by atoms with Crippen LogP contribution in [0.2, 0.25) is 0 Å². The zero-order chi connectivity index (χ0) is 29.0. The van der Waals surface area contributed by atoms with Gasteiger partial charge in [0.25, 0.3) is 7.82 Å². The second-order valence-electron chi connectivity index (χ2n) is 12.6. The SMILES string of the molecule is C=C(C)[C@@H]1CCC(C)=C[C@H]1c1c(O)cc(CCC)cc1OC(=O)C1(OP(=O)([O-])OCC(C)(C)C)CCCCC1. The van der Waals surface area contributed by atoms with Crippen LogP contribution >= 0.6 is 7.82 Å². The lowest BCUT2D eigenvalue weighted by Crippen LogP contribution is -2.46. The standard InChI is InChI=1S/C31H47O7P/c1-8-12-23-18-26(32)28(25-17-22(4)13-14-24(25)21(2)3)27(19-23)37-29(33)31(15-10-9-11-16-31)38-39(34,35)36-20-30(5,6)7/h17-19,24-25,32H,2,8-16,20H2,1,3-7H3,(H,34,35)/p-1/t24-,25+/m0/s1. The molecule has 1 fully saturated rings. The van der Waals surface area contributed by atoms with E-state index in [-0.39, 0.29) is 42.8 Å². The maximum atomic E-state index is 13.9. The number of aryl methyl sites for hydroxylation is 1. The number of carbonyl (C=O) groups is 1. The summed E-state index contributed by atoms with van der Waals surface area (Å²) in [6.07, 6.45) is 8.03. The highest BCUT2D eigenvalue weighted by atomic mass is 31.2. The number of carbonyl (C=O) groups excluding carboxylic acids is 1. The van der Waals surface area contributed by atoms with E-state index in [1.165, 1.54) is 5.57 Å². The molecule has 1 unspecified atom stereocenters. The minimum absolute atomic E-state index is 0.0626. The third-order valence-electron chi connectivity index (χ3n) is 7.61. The normalized spacial score (nSPS) is 23.0. The van der Waals surface area contributed by atoms with E-state index in [0.717, 1.165) is 36.8 Å². The lowest BCUT2D eigenvalue weighted by molar-refractivity contribution is -0.241. The summed E-state index contributed by atoms with van der Waals surface area (Å²) in [6, 6.07) is 3.54. The van der Waals surface area contributed by atoms with Crippen LogP contribution in [0.15, 0.2) is 35.9 Å². The van der Waals surface area contributed by atoms with E-state index in [0.29, 0.717) is 24.8 Å². The van der Waals surface area contributed by atoms with Gasteiger partial charge < -0.3 is 19.3 Å². The molecular formula is C31H46O7P-. The predicted octanol–water partition coefficient (Wildman–Crippen LogP) is 7.52. The molecule has 0 saturated heterocycles. The van der Waals surface area contributed by atoms with Gasteiger partial charge in [-0.05, 0) is 87.8 Å². The fraction of sp³-hybridized carbons (Fsp3) is 0.645. The number of hydrogen-bond donors (Lipinski definition) is 1. The first-order valence-corrected chi connectivity index (χ1v) is 15.7. The van der Waals surface area contributed by atoms with Gasteiger partial charge in [-0.3, -0.25) is 9.09 Å². The number of aromatic hydroxyl groups is 1. The Bertz CT molecular complexity index is 1120. The molecule has 1 saturated carbocycles.